The van der Waals surface area contributed by atoms with Crippen molar-refractivity contribution >= 4 is 34.3 Å². The number of thiazole rings is 1. The van der Waals surface area contributed by atoms with E-state index >= 15 is 0 Å². The van der Waals surface area contributed by atoms with Crippen molar-refractivity contribution in [3.8, 4) is 10.8 Å². The molecule has 9 heteroatoms. The maximum atomic E-state index is 12.3. The van der Waals surface area contributed by atoms with Crippen molar-refractivity contribution in [2.24, 2.45) is 0 Å². The summed E-state index contributed by atoms with van der Waals surface area (Å²) < 4.78 is 5.51. The molecule has 0 aliphatic rings. The molecule has 3 aromatic heterocycles. The number of rotatable bonds is 3. The lowest BCUT2D eigenvalue weighted by Crippen LogP contribution is -2.14. The summed E-state index contributed by atoms with van der Waals surface area (Å²) >= 11 is 1.46. The smallest absolute Gasteiger partial charge is 0.322 e. The summed E-state index contributed by atoms with van der Waals surface area (Å²) in [6.07, 6.45) is 1.41. The second-order valence-electron chi connectivity index (χ2n) is 5.26. The predicted molar refractivity (Wildman–Crippen MR) is 92.4 cm³/mol. The van der Waals surface area contributed by atoms with Crippen LogP contribution in [0.15, 0.2) is 34.9 Å². The Balaban J connectivity index is 1.57. The van der Waals surface area contributed by atoms with E-state index in [1.54, 1.807) is 6.07 Å². The Morgan fingerprint density at radius 2 is 1.92 bits per heavy atom. The SMILES string of the molecule is Cc1nc(C)c(-c2nnc(NC(=O)c3cnc4ccccc4n3)o2)s1. The number of hydrogen-bond donors (Lipinski definition) is 1. The van der Waals surface area contributed by atoms with E-state index in [0.29, 0.717) is 11.4 Å². The van der Waals surface area contributed by atoms with Crippen LogP contribution in [0, 0.1) is 13.8 Å². The van der Waals surface area contributed by atoms with Gasteiger partial charge in [0.05, 0.1) is 27.9 Å². The van der Waals surface area contributed by atoms with Crippen LogP contribution in [0.5, 0.6) is 0 Å². The maximum Gasteiger partial charge on any atom is 0.322 e. The molecule has 0 radical (unpaired) electrons. The molecule has 3 heterocycles. The van der Waals surface area contributed by atoms with Crippen LogP contribution in [-0.4, -0.2) is 31.1 Å². The van der Waals surface area contributed by atoms with Crippen LogP contribution in [0.3, 0.4) is 0 Å². The second kappa shape index (κ2) is 6.02. The number of nitrogens with one attached hydrogen (secondary N) is 1. The Labute approximate surface area is 146 Å². The molecule has 0 bridgehead atoms. The van der Waals surface area contributed by atoms with Crippen molar-refractivity contribution in [2.75, 3.05) is 5.32 Å². The first-order valence-electron chi connectivity index (χ1n) is 7.41. The third kappa shape index (κ3) is 2.96. The van der Waals surface area contributed by atoms with Gasteiger partial charge in [0.1, 0.15) is 10.6 Å². The molecule has 1 aromatic carbocycles. The first-order chi connectivity index (χ1) is 12.1. The number of para-hydroxylation sites is 2. The Morgan fingerprint density at radius 1 is 1.12 bits per heavy atom. The fourth-order valence-corrected chi connectivity index (χ4v) is 3.16. The molecule has 0 atom stereocenters. The lowest BCUT2D eigenvalue weighted by atomic mass is 10.3. The van der Waals surface area contributed by atoms with Gasteiger partial charge in [0.25, 0.3) is 11.8 Å². The van der Waals surface area contributed by atoms with Crippen molar-refractivity contribution in [3.05, 3.63) is 46.9 Å². The topological polar surface area (TPSA) is 107 Å². The zero-order valence-electron chi connectivity index (χ0n) is 13.3. The molecule has 0 aliphatic heterocycles. The summed E-state index contributed by atoms with van der Waals surface area (Å²) in [5, 5.41) is 11.3. The first-order valence-corrected chi connectivity index (χ1v) is 8.23. The van der Waals surface area contributed by atoms with Crippen LogP contribution in [0.1, 0.15) is 21.2 Å². The molecule has 25 heavy (non-hydrogen) atoms. The second-order valence-corrected chi connectivity index (χ2v) is 6.46. The Bertz CT molecular complexity index is 1090. The highest BCUT2D eigenvalue weighted by Gasteiger charge is 2.17. The molecule has 4 rings (SSSR count). The zero-order chi connectivity index (χ0) is 17.4. The number of aryl methyl sites for hydroxylation is 2. The van der Waals surface area contributed by atoms with E-state index in [2.05, 4.69) is 30.5 Å². The Hall–Kier alpha value is -3.20. The lowest BCUT2D eigenvalue weighted by Gasteiger charge is -2.01. The van der Waals surface area contributed by atoms with Gasteiger partial charge in [0.2, 0.25) is 0 Å². The largest absolute Gasteiger partial charge is 0.402 e. The summed E-state index contributed by atoms with van der Waals surface area (Å²) in [5.74, 6) is -0.145. The van der Waals surface area contributed by atoms with Gasteiger partial charge in [-0.3, -0.25) is 15.1 Å². The van der Waals surface area contributed by atoms with Gasteiger partial charge in [-0.15, -0.1) is 16.4 Å². The normalized spacial score (nSPS) is 11.0. The number of fused-ring (bicyclic) bond motifs is 1. The number of anilines is 1. The summed E-state index contributed by atoms with van der Waals surface area (Å²) in [4.78, 5) is 25.9. The van der Waals surface area contributed by atoms with Gasteiger partial charge in [-0.05, 0) is 26.0 Å². The molecule has 0 saturated carbocycles. The van der Waals surface area contributed by atoms with E-state index in [9.17, 15) is 4.79 Å². The molecule has 0 fully saturated rings. The van der Waals surface area contributed by atoms with Crippen LogP contribution in [0.2, 0.25) is 0 Å². The molecule has 0 spiro atoms. The number of carbonyl (C=O) groups excluding carboxylic acids is 1. The molecular weight excluding hydrogens is 340 g/mol. The van der Waals surface area contributed by atoms with Crippen molar-refractivity contribution in [2.45, 2.75) is 13.8 Å². The van der Waals surface area contributed by atoms with E-state index < -0.39 is 5.91 Å². The molecule has 1 N–H and O–H groups in total. The number of amides is 1. The van der Waals surface area contributed by atoms with E-state index in [4.69, 9.17) is 4.42 Å². The molecule has 0 aliphatic carbocycles. The van der Waals surface area contributed by atoms with Gasteiger partial charge in [0.15, 0.2) is 0 Å². The van der Waals surface area contributed by atoms with Crippen LogP contribution < -0.4 is 5.32 Å². The van der Waals surface area contributed by atoms with Crippen LogP contribution in [-0.2, 0) is 0 Å². The van der Waals surface area contributed by atoms with Crippen LogP contribution in [0.25, 0.3) is 21.8 Å². The summed E-state index contributed by atoms with van der Waals surface area (Å²) in [5.41, 5.74) is 2.33. The highest BCUT2D eigenvalue weighted by atomic mass is 32.1. The third-order valence-electron chi connectivity index (χ3n) is 3.42. The highest BCUT2D eigenvalue weighted by molar-refractivity contribution is 7.15. The standard InChI is InChI=1S/C16H12N6O2S/c1-8-13(25-9(2)18-8)15-21-22-16(24-15)20-14(23)12-7-17-10-5-3-4-6-11(10)19-12/h3-7H,1-2H3,(H,20,22,23). The van der Waals surface area contributed by atoms with Gasteiger partial charge >= 0.3 is 6.01 Å². The van der Waals surface area contributed by atoms with Gasteiger partial charge < -0.3 is 4.42 Å². The quantitative estimate of drug-likeness (QED) is 0.604. The average molecular weight is 352 g/mol. The monoisotopic (exact) mass is 352 g/mol. The number of benzene rings is 1. The van der Waals surface area contributed by atoms with E-state index in [1.807, 2.05) is 32.0 Å². The molecule has 8 nitrogen and oxygen atoms in total. The molecule has 0 unspecified atom stereocenters. The predicted octanol–water partition coefficient (Wildman–Crippen LogP) is 3.01. The lowest BCUT2D eigenvalue weighted by molar-refractivity contribution is 0.101. The molecule has 0 saturated heterocycles. The molecule has 4 aromatic rings. The van der Waals surface area contributed by atoms with Crippen LogP contribution in [0.4, 0.5) is 6.01 Å². The summed E-state index contributed by atoms with van der Waals surface area (Å²) in [6.45, 7) is 3.77. The summed E-state index contributed by atoms with van der Waals surface area (Å²) in [6, 6.07) is 7.31. The van der Waals surface area contributed by atoms with Crippen molar-refractivity contribution in [1.82, 2.24) is 25.1 Å². The minimum absolute atomic E-state index is 0.000381. The first kappa shape index (κ1) is 15.3. The van der Waals surface area contributed by atoms with Gasteiger partial charge in [-0.25, -0.2) is 9.97 Å². The van der Waals surface area contributed by atoms with Gasteiger partial charge in [-0.2, -0.15) is 0 Å². The Morgan fingerprint density at radius 3 is 2.68 bits per heavy atom. The number of hydrogen-bond acceptors (Lipinski definition) is 8. The number of aromatic nitrogens is 5. The minimum Gasteiger partial charge on any atom is -0.402 e. The van der Waals surface area contributed by atoms with Crippen LogP contribution >= 0.6 is 11.3 Å². The fraction of sp³-hybridized carbons (Fsp3) is 0.125. The van der Waals surface area contributed by atoms with E-state index in [0.717, 1.165) is 21.1 Å². The zero-order valence-corrected chi connectivity index (χ0v) is 14.2. The number of carbonyl (C=O) groups is 1. The van der Waals surface area contributed by atoms with Gasteiger partial charge in [0, 0.05) is 0 Å². The van der Waals surface area contributed by atoms with E-state index in [-0.39, 0.29) is 11.7 Å². The van der Waals surface area contributed by atoms with E-state index in [1.165, 1.54) is 17.5 Å². The minimum atomic E-state index is -0.467. The maximum absolute atomic E-state index is 12.3. The molecular formula is C16H12N6O2S. The molecule has 124 valence electrons. The third-order valence-corrected chi connectivity index (χ3v) is 4.49. The highest BCUT2D eigenvalue weighted by Crippen LogP contribution is 2.29. The number of nitrogens with zero attached hydrogens (tertiary/aromatic N) is 5. The van der Waals surface area contributed by atoms with Crippen molar-refractivity contribution < 1.29 is 9.21 Å². The van der Waals surface area contributed by atoms with Gasteiger partial charge in [-0.1, -0.05) is 17.2 Å². The Kier molecular flexibility index (Phi) is 3.69. The average Bonchev–Trinajstić information content (AvgIpc) is 3.20. The van der Waals surface area contributed by atoms with Crippen molar-refractivity contribution in [1.29, 1.82) is 0 Å². The molecule has 1 amide bonds. The summed E-state index contributed by atoms with van der Waals surface area (Å²) in [7, 11) is 0. The van der Waals surface area contributed by atoms with Crippen molar-refractivity contribution in [3.63, 3.8) is 0 Å². The fourth-order valence-electron chi connectivity index (χ4n) is 2.32.